The van der Waals surface area contributed by atoms with Crippen molar-refractivity contribution in [2.24, 2.45) is 0 Å². The maximum Gasteiger partial charge on any atom is 0.163 e. The number of benzene rings is 3. The van der Waals surface area contributed by atoms with Crippen LogP contribution >= 0.6 is 0 Å². The summed E-state index contributed by atoms with van der Waals surface area (Å²) >= 11 is 0. The Labute approximate surface area is 156 Å². The van der Waals surface area contributed by atoms with Crippen LogP contribution in [0.3, 0.4) is 0 Å². The van der Waals surface area contributed by atoms with Gasteiger partial charge in [0.1, 0.15) is 29.4 Å². The van der Waals surface area contributed by atoms with Crippen LogP contribution < -0.4 is 4.74 Å². The van der Waals surface area contributed by atoms with E-state index in [1.165, 1.54) is 6.92 Å². The predicted octanol–water partition coefficient (Wildman–Crippen LogP) is 5.59. The number of ether oxygens (including phenoxy) is 1. The van der Waals surface area contributed by atoms with Crippen molar-refractivity contribution < 1.29 is 19.1 Å². The molecule has 4 rings (SSSR count). The molecule has 3 aromatic carbocycles. The van der Waals surface area contributed by atoms with Crippen LogP contribution in [0.4, 0.5) is 0 Å². The average Bonchev–Trinajstić information content (AvgIpc) is 3.13. The van der Waals surface area contributed by atoms with Crippen molar-refractivity contribution in [3.8, 4) is 22.8 Å². The summed E-state index contributed by atoms with van der Waals surface area (Å²) in [6.07, 6.45) is 0. The van der Waals surface area contributed by atoms with E-state index in [2.05, 4.69) is 0 Å². The maximum absolute atomic E-state index is 11.6. The Morgan fingerprint density at radius 2 is 1.74 bits per heavy atom. The normalized spacial score (nSPS) is 10.9. The van der Waals surface area contributed by atoms with Crippen LogP contribution in [0.25, 0.3) is 22.3 Å². The van der Waals surface area contributed by atoms with Gasteiger partial charge in [0.2, 0.25) is 0 Å². The zero-order valence-corrected chi connectivity index (χ0v) is 14.8. The third kappa shape index (κ3) is 3.42. The molecule has 4 aromatic rings. The number of aromatic hydroxyl groups is 1. The van der Waals surface area contributed by atoms with E-state index in [0.29, 0.717) is 28.9 Å². The molecule has 0 bridgehead atoms. The molecule has 27 heavy (non-hydrogen) atoms. The first-order valence-electron chi connectivity index (χ1n) is 8.65. The largest absolute Gasteiger partial charge is 0.506 e. The molecule has 4 heteroatoms. The molecular weight excluding hydrogens is 340 g/mol. The summed E-state index contributed by atoms with van der Waals surface area (Å²) in [4.78, 5) is 11.6. The van der Waals surface area contributed by atoms with E-state index in [9.17, 15) is 9.90 Å². The molecule has 134 valence electrons. The maximum atomic E-state index is 11.6. The van der Waals surface area contributed by atoms with Crippen LogP contribution in [0.2, 0.25) is 0 Å². The van der Waals surface area contributed by atoms with E-state index in [1.807, 2.05) is 54.6 Å². The fraction of sp³-hybridized carbons (Fsp3) is 0.0870. The molecule has 1 N–H and O–H groups in total. The second kappa shape index (κ2) is 7.00. The van der Waals surface area contributed by atoms with Gasteiger partial charge in [0.05, 0.1) is 10.9 Å². The summed E-state index contributed by atoms with van der Waals surface area (Å²) in [5.41, 5.74) is 2.80. The minimum absolute atomic E-state index is 0.0437. The first-order chi connectivity index (χ1) is 13.1. The highest BCUT2D eigenvalue weighted by Crippen LogP contribution is 2.35. The number of phenols is 1. The summed E-state index contributed by atoms with van der Waals surface area (Å²) in [6, 6.07) is 22.6. The summed E-state index contributed by atoms with van der Waals surface area (Å²) in [6.45, 7) is 1.93. The van der Waals surface area contributed by atoms with Gasteiger partial charge in [0, 0.05) is 5.56 Å². The standard InChI is InChI=1S/C23H18O4/c1-15(24)19-11-12-21-20(23(19)25)13-22(27-21)17-7-9-18(10-8-17)26-14-16-5-3-2-4-6-16/h2-13,25H,14H2,1H3. The van der Waals surface area contributed by atoms with Gasteiger partial charge >= 0.3 is 0 Å². The number of carbonyl (C=O) groups excluding carboxylic acids is 1. The third-order valence-corrected chi connectivity index (χ3v) is 4.44. The molecule has 0 spiro atoms. The van der Waals surface area contributed by atoms with Crippen LogP contribution in [-0.4, -0.2) is 10.9 Å². The zero-order chi connectivity index (χ0) is 18.8. The van der Waals surface area contributed by atoms with Gasteiger partial charge in [-0.05, 0) is 55.0 Å². The Hall–Kier alpha value is -3.53. The molecule has 4 nitrogen and oxygen atoms in total. The van der Waals surface area contributed by atoms with Gasteiger partial charge in [-0.3, -0.25) is 4.79 Å². The first kappa shape index (κ1) is 16.9. The smallest absolute Gasteiger partial charge is 0.163 e. The molecule has 1 aromatic heterocycles. The molecule has 0 saturated heterocycles. The lowest BCUT2D eigenvalue weighted by atomic mass is 10.1. The summed E-state index contributed by atoms with van der Waals surface area (Å²) in [7, 11) is 0. The van der Waals surface area contributed by atoms with E-state index in [4.69, 9.17) is 9.15 Å². The highest BCUT2D eigenvalue weighted by Gasteiger charge is 2.15. The lowest BCUT2D eigenvalue weighted by Crippen LogP contribution is -1.94. The molecular formula is C23H18O4. The minimum atomic E-state index is -0.183. The lowest BCUT2D eigenvalue weighted by molar-refractivity contribution is 0.101. The molecule has 0 unspecified atom stereocenters. The third-order valence-electron chi connectivity index (χ3n) is 4.44. The lowest BCUT2D eigenvalue weighted by Gasteiger charge is -2.06. The minimum Gasteiger partial charge on any atom is -0.506 e. The van der Waals surface area contributed by atoms with Crippen LogP contribution in [0.15, 0.2) is 77.2 Å². The van der Waals surface area contributed by atoms with Gasteiger partial charge in [-0.2, -0.15) is 0 Å². The van der Waals surface area contributed by atoms with Crippen LogP contribution in [0, 0.1) is 0 Å². The fourth-order valence-electron chi connectivity index (χ4n) is 2.98. The van der Waals surface area contributed by atoms with E-state index in [1.54, 1.807) is 18.2 Å². The molecule has 0 saturated carbocycles. The number of fused-ring (bicyclic) bond motifs is 1. The van der Waals surface area contributed by atoms with Gasteiger partial charge in [0.15, 0.2) is 5.78 Å². The molecule has 0 radical (unpaired) electrons. The van der Waals surface area contributed by atoms with E-state index in [-0.39, 0.29) is 11.5 Å². The molecule has 0 fully saturated rings. The SMILES string of the molecule is CC(=O)c1ccc2oc(-c3ccc(OCc4ccccc4)cc3)cc2c1O. The number of furan rings is 1. The fourth-order valence-corrected chi connectivity index (χ4v) is 2.98. The van der Waals surface area contributed by atoms with Crippen molar-refractivity contribution in [2.75, 3.05) is 0 Å². The number of phenolic OH excluding ortho intramolecular Hbond substituents is 1. The Bertz CT molecular complexity index is 1090. The number of rotatable bonds is 5. The Morgan fingerprint density at radius 1 is 1.00 bits per heavy atom. The van der Waals surface area contributed by atoms with Gasteiger partial charge in [-0.25, -0.2) is 0 Å². The van der Waals surface area contributed by atoms with Crippen molar-refractivity contribution in [1.29, 1.82) is 0 Å². The number of hydrogen-bond acceptors (Lipinski definition) is 4. The van der Waals surface area contributed by atoms with E-state index < -0.39 is 0 Å². The van der Waals surface area contributed by atoms with E-state index >= 15 is 0 Å². The second-order valence-corrected chi connectivity index (χ2v) is 6.34. The van der Waals surface area contributed by atoms with Gasteiger partial charge < -0.3 is 14.3 Å². The number of Topliss-reactive ketones (excluding diaryl/α,β-unsaturated/α-hetero) is 1. The molecule has 0 aliphatic heterocycles. The van der Waals surface area contributed by atoms with Gasteiger partial charge in [-0.15, -0.1) is 0 Å². The van der Waals surface area contributed by atoms with Crippen molar-refractivity contribution in [1.82, 2.24) is 0 Å². The number of hydrogen-bond donors (Lipinski definition) is 1. The highest BCUT2D eigenvalue weighted by atomic mass is 16.5. The highest BCUT2D eigenvalue weighted by molar-refractivity contribution is 6.03. The topological polar surface area (TPSA) is 59.7 Å². The first-order valence-corrected chi connectivity index (χ1v) is 8.65. The van der Waals surface area contributed by atoms with Gasteiger partial charge in [0.25, 0.3) is 0 Å². The van der Waals surface area contributed by atoms with Crippen molar-refractivity contribution in [2.45, 2.75) is 13.5 Å². The molecule has 0 aliphatic carbocycles. The van der Waals surface area contributed by atoms with Crippen LogP contribution in [0.1, 0.15) is 22.8 Å². The quantitative estimate of drug-likeness (QED) is 0.473. The van der Waals surface area contributed by atoms with E-state index in [0.717, 1.165) is 16.9 Å². The summed E-state index contributed by atoms with van der Waals surface area (Å²) in [5, 5.41) is 10.8. The monoisotopic (exact) mass is 358 g/mol. The number of ketones is 1. The molecule has 1 heterocycles. The zero-order valence-electron chi connectivity index (χ0n) is 14.8. The predicted molar refractivity (Wildman–Crippen MR) is 104 cm³/mol. The van der Waals surface area contributed by atoms with Crippen molar-refractivity contribution in [3.05, 3.63) is 83.9 Å². The summed E-state index contributed by atoms with van der Waals surface area (Å²) in [5.74, 6) is 1.16. The molecule has 0 aliphatic rings. The Morgan fingerprint density at radius 3 is 2.44 bits per heavy atom. The van der Waals surface area contributed by atoms with Crippen LogP contribution in [-0.2, 0) is 6.61 Å². The Balaban J connectivity index is 1.56. The van der Waals surface area contributed by atoms with Crippen molar-refractivity contribution in [3.63, 3.8) is 0 Å². The van der Waals surface area contributed by atoms with Crippen molar-refractivity contribution >= 4 is 16.8 Å². The molecule has 0 atom stereocenters. The second-order valence-electron chi connectivity index (χ2n) is 6.34. The Kier molecular flexibility index (Phi) is 4.38. The van der Waals surface area contributed by atoms with Gasteiger partial charge in [-0.1, -0.05) is 30.3 Å². The molecule has 0 amide bonds. The number of carbonyl (C=O) groups is 1. The van der Waals surface area contributed by atoms with Crippen LogP contribution in [0.5, 0.6) is 11.5 Å². The average molecular weight is 358 g/mol. The summed E-state index contributed by atoms with van der Waals surface area (Å²) < 4.78 is 11.6.